The van der Waals surface area contributed by atoms with Crippen LogP contribution < -0.4 is 9.47 Å². The van der Waals surface area contributed by atoms with E-state index in [1.807, 2.05) is 18.0 Å². The molecule has 2 bridgehead atoms. The van der Waals surface area contributed by atoms with Crippen LogP contribution in [0.1, 0.15) is 30.4 Å². The quantitative estimate of drug-likeness (QED) is 0.769. The summed E-state index contributed by atoms with van der Waals surface area (Å²) in [7, 11) is 5.25. The monoisotopic (exact) mass is 359 g/mol. The van der Waals surface area contributed by atoms with Crippen LogP contribution in [0.3, 0.4) is 0 Å². The Morgan fingerprint density at radius 2 is 2.15 bits per heavy atom. The summed E-state index contributed by atoms with van der Waals surface area (Å²) in [5.74, 6) is 2.18. The molecule has 1 aromatic carbocycles. The fourth-order valence-electron chi connectivity index (χ4n) is 6.01. The molecule has 2 aliphatic heterocycles. The van der Waals surface area contributed by atoms with Gasteiger partial charge in [0.25, 0.3) is 0 Å². The number of carbonyl (C=O) groups excluding carboxylic acids is 1. The SMILES string of the molecule is COCO[C@H]1CC[C@@H]2[C@@H]3Cc4ccc(OC)c5c4[C@]2(CC(=O)N3C)[C@@H]1O5. The highest BCUT2D eigenvalue weighted by atomic mass is 16.7. The van der Waals surface area contributed by atoms with Crippen LogP contribution in [0.25, 0.3) is 0 Å². The first-order chi connectivity index (χ1) is 12.6. The van der Waals surface area contributed by atoms with Crippen molar-refractivity contribution in [1.29, 1.82) is 0 Å². The number of hydrogen-bond donors (Lipinski definition) is 0. The van der Waals surface area contributed by atoms with Gasteiger partial charge in [-0.1, -0.05) is 6.07 Å². The van der Waals surface area contributed by atoms with Crippen molar-refractivity contribution in [3.63, 3.8) is 0 Å². The Bertz CT molecular complexity index is 765. The summed E-state index contributed by atoms with van der Waals surface area (Å²) >= 11 is 0. The third-order valence-electron chi connectivity index (χ3n) is 7.04. The predicted molar refractivity (Wildman–Crippen MR) is 93.4 cm³/mol. The number of benzene rings is 1. The molecule has 1 saturated heterocycles. The van der Waals surface area contributed by atoms with Crippen molar-refractivity contribution >= 4 is 5.91 Å². The predicted octanol–water partition coefficient (Wildman–Crippen LogP) is 1.88. The lowest BCUT2D eigenvalue weighted by atomic mass is 9.51. The van der Waals surface area contributed by atoms with Gasteiger partial charge in [0, 0.05) is 32.2 Å². The van der Waals surface area contributed by atoms with E-state index < -0.39 is 0 Å². The van der Waals surface area contributed by atoms with Crippen LogP contribution in [-0.2, 0) is 26.1 Å². The van der Waals surface area contributed by atoms with Crippen LogP contribution in [0.2, 0.25) is 0 Å². The third kappa shape index (κ3) is 1.86. The average molecular weight is 359 g/mol. The van der Waals surface area contributed by atoms with Crippen molar-refractivity contribution in [1.82, 2.24) is 4.90 Å². The zero-order valence-corrected chi connectivity index (χ0v) is 15.5. The van der Waals surface area contributed by atoms with E-state index in [1.54, 1.807) is 14.2 Å². The van der Waals surface area contributed by atoms with E-state index in [1.165, 1.54) is 11.1 Å². The zero-order chi connectivity index (χ0) is 18.1. The standard InChI is InChI=1S/C20H25NO5/c1-21-13-8-11-4-6-14(24-3)18-17(11)20(9-16(21)22)12(13)5-7-15(19(20)26-18)25-10-23-2/h4,6,12-13,15,19H,5,7-10H2,1-3H3/t12-,13+,15+,19-,20-/m1/s1. The van der Waals surface area contributed by atoms with E-state index in [2.05, 4.69) is 6.07 Å². The molecule has 1 saturated carbocycles. The summed E-state index contributed by atoms with van der Waals surface area (Å²) < 4.78 is 23.2. The topological polar surface area (TPSA) is 57.2 Å². The van der Waals surface area contributed by atoms with Gasteiger partial charge < -0.3 is 23.8 Å². The van der Waals surface area contributed by atoms with E-state index in [0.717, 1.165) is 30.8 Å². The molecule has 1 aromatic rings. The molecule has 2 heterocycles. The van der Waals surface area contributed by atoms with Crippen molar-refractivity contribution in [2.24, 2.45) is 5.92 Å². The fourth-order valence-corrected chi connectivity index (χ4v) is 6.01. The van der Waals surface area contributed by atoms with Gasteiger partial charge in [0.05, 0.1) is 18.6 Å². The summed E-state index contributed by atoms with van der Waals surface area (Å²) in [5, 5.41) is 0. The smallest absolute Gasteiger partial charge is 0.223 e. The second-order valence-corrected chi connectivity index (χ2v) is 7.96. The molecule has 140 valence electrons. The first-order valence-corrected chi connectivity index (χ1v) is 9.35. The number of rotatable bonds is 4. The number of likely N-dealkylation sites (tertiary alicyclic amines) is 1. The lowest BCUT2D eigenvalue weighted by Gasteiger charge is -2.58. The first-order valence-electron chi connectivity index (χ1n) is 9.35. The summed E-state index contributed by atoms with van der Waals surface area (Å²) in [5.41, 5.74) is 2.19. The summed E-state index contributed by atoms with van der Waals surface area (Å²) in [6, 6.07) is 4.38. The van der Waals surface area contributed by atoms with Crippen LogP contribution in [-0.4, -0.2) is 57.1 Å². The molecule has 0 aromatic heterocycles. The van der Waals surface area contributed by atoms with E-state index in [4.69, 9.17) is 18.9 Å². The molecular formula is C20H25NO5. The molecule has 6 heteroatoms. The highest BCUT2D eigenvalue weighted by Gasteiger charge is 2.67. The second-order valence-electron chi connectivity index (χ2n) is 7.96. The van der Waals surface area contributed by atoms with E-state index >= 15 is 0 Å². The van der Waals surface area contributed by atoms with Crippen LogP contribution in [0.15, 0.2) is 12.1 Å². The van der Waals surface area contributed by atoms with Gasteiger partial charge in [-0.3, -0.25) is 4.79 Å². The van der Waals surface area contributed by atoms with Crippen molar-refractivity contribution in [2.75, 3.05) is 28.1 Å². The molecule has 4 aliphatic rings. The number of piperidine rings is 1. The maximum absolute atomic E-state index is 12.9. The molecule has 0 N–H and O–H groups in total. The molecule has 2 aliphatic carbocycles. The first kappa shape index (κ1) is 16.4. The summed E-state index contributed by atoms with van der Waals surface area (Å²) in [6.45, 7) is 0.239. The molecule has 26 heavy (non-hydrogen) atoms. The normalized spacial score (nSPS) is 36.6. The van der Waals surface area contributed by atoms with Gasteiger partial charge in [-0.25, -0.2) is 0 Å². The van der Waals surface area contributed by atoms with Gasteiger partial charge in [-0.15, -0.1) is 0 Å². The molecule has 2 fully saturated rings. The number of methoxy groups -OCH3 is 2. The lowest BCUT2D eigenvalue weighted by molar-refractivity contribution is -0.170. The van der Waals surface area contributed by atoms with Gasteiger partial charge in [-0.05, 0) is 36.8 Å². The van der Waals surface area contributed by atoms with Gasteiger partial charge in [0.1, 0.15) is 12.9 Å². The van der Waals surface area contributed by atoms with Crippen LogP contribution in [0.4, 0.5) is 0 Å². The van der Waals surface area contributed by atoms with Gasteiger partial charge in [0.15, 0.2) is 11.5 Å². The van der Waals surface area contributed by atoms with Gasteiger partial charge in [0.2, 0.25) is 5.91 Å². The Labute approximate surface area is 153 Å². The maximum atomic E-state index is 12.9. The highest BCUT2D eigenvalue weighted by molar-refractivity contribution is 5.82. The van der Waals surface area contributed by atoms with E-state index in [9.17, 15) is 4.79 Å². The number of ether oxygens (including phenoxy) is 4. The van der Waals surface area contributed by atoms with Gasteiger partial charge in [-0.2, -0.15) is 0 Å². The summed E-state index contributed by atoms with van der Waals surface area (Å²) in [6.07, 6.45) is 3.08. The molecule has 0 radical (unpaired) electrons. The zero-order valence-electron chi connectivity index (χ0n) is 15.5. The van der Waals surface area contributed by atoms with Crippen LogP contribution in [0, 0.1) is 5.92 Å². The second kappa shape index (κ2) is 5.60. The highest BCUT2D eigenvalue weighted by Crippen LogP contribution is 2.64. The minimum absolute atomic E-state index is 0.0777. The number of amides is 1. The summed E-state index contributed by atoms with van der Waals surface area (Å²) in [4.78, 5) is 14.9. The van der Waals surface area contributed by atoms with E-state index in [0.29, 0.717) is 12.3 Å². The van der Waals surface area contributed by atoms with E-state index in [-0.39, 0.29) is 36.4 Å². The minimum atomic E-state index is -0.303. The minimum Gasteiger partial charge on any atom is -0.493 e. The van der Waals surface area contributed by atoms with Gasteiger partial charge >= 0.3 is 0 Å². The Morgan fingerprint density at radius 3 is 2.92 bits per heavy atom. The Kier molecular flexibility index (Phi) is 3.53. The maximum Gasteiger partial charge on any atom is 0.223 e. The molecule has 5 atom stereocenters. The Hall–Kier alpha value is -1.79. The third-order valence-corrected chi connectivity index (χ3v) is 7.04. The van der Waals surface area contributed by atoms with Crippen LogP contribution >= 0.6 is 0 Å². The van der Waals surface area contributed by atoms with Crippen molar-refractivity contribution in [2.45, 2.75) is 49.3 Å². The Balaban J connectivity index is 1.70. The van der Waals surface area contributed by atoms with Crippen LogP contribution in [0.5, 0.6) is 11.5 Å². The number of hydrogen-bond acceptors (Lipinski definition) is 5. The number of likely N-dealkylation sites (N-methyl/N-ethyl adjacent to an activating group) is 1. The van der Waals surface area contributed by atoms with Crippen molar-refractivity contribution in [3.05, 3.63) is 23.3 Å². The molecule has 5 rings (SSSR count). The fraction of sp³-hybridized carbons (Fsp3) is 0.650. The van der Waals surface area contributed by atoms with Crippen molar-refractivity contribution < 1.29 is 23.7 Å². The average Bonchev–Trinajstić information content (AvgIpc) is 2.99. The molecular weight excluding hydrogens is 334 g/mol. The lowest BCUT2D eigenvalue weighted by Crippen LogP contribution is -2.67. The molecule has 0 unspecified atom stereocenters. The number of carbonyl (C=O) groups is 1. The van der Waals surface area contributed by atoms with Crippen molar-refractivity contribution in [3.8, 4) is 11.5 Å². The molecule has 6 nitrogen and oxygen atoms in total. The Morgan fingerprint density at radius 1 is 1.31 bits per heavy atom. The number of nitrogens with zero attached hydrogens (tertiary/aromatic N) is 1. The largest absolute Gasteiger partial charge is 0.493 e. The molecule has 1 amide bonds. The molecule has 1 spiro atoms.